The summed E-state index contributed by atoms with van der Waals surface area (Å²) in [6.07, 6.45) is 16.7. The lowest BCUT2D eigenvalue weighted by atomic mass is 9.59. The second kappa shape index (κ2) is 11.6. The van der Waals surface area contributed by atoms with Gasteiger partial charge in [-0.1, -0.05) is 96.5 Å². The highest BCUT2D eigenvalue weighted by Crippen LogP contribution is 2.51. The van der Waals surface area contributed by atoms with Gasteiger partial charge in [0, 0.05) is 0 Å². The molecule has 1 aliphatic heterocycles. The van der Waals surface area contributed by atoms with E-state index >= 15 is 0 Å². The van der Waals surface area contributed by atoms with Gasteiger partial charge in [-0.3, -0.25) is 0 Å². The molecule has 2 nitrogen and oxygen atoms in total. The molecule has 0 saturated heterocycles. The van der Waals surface area contributed by atoms with E-state index in [9.17, 15) is 0 Å². The Morgan fingerprint density at radius 1 is 0.880 bits per heavy atom. The molecule has 0 aromatic rings. The summed E-state index contributed by atoms with van der Waals surface area (Å²) in [5.41, 5.74) is 0.700. The molecule has 0 N–H and O–H groups in total. The van der Waals surface area contributed by atoms with Gasteiger partial charge in [0.05, 0.1) is 4.32 Å². The van der Waals surface area contributed by atoms with Crippen LogP contribution in [0, 0.1) is 10.8 Å². The van der Waals surface area contributed by atoms with Crippen LogP contribution in [0.4, 0.5) is 0 Å². The van der Waals surface area contributed by atoms with Crippen LogP contribution in [0.5, 0.6) is 0 Å². The van der Waals surface area contributed by atoms with E-state index in [-0.39, 0.29) is 0 Å². The lowest BCUT2D eigenvalue weighted by Crippen LogP contribution is -2.36. The molecule has 0 radical (unpaired) electrons. The number of hydrogen-bond acceptors (Lipinski definition) is 3. The van der Waals surface area contributed by atoms with E-state index in [1.54, 1.807) is 0 Å². The van der Waals surface area contributed by atoms with Crippen molar-refractivity contribution in [2.24, 2.45) is 21.1 Å². The Hall–Kier alpha value is -0.0200. The normalized spacial score (nSPS) is 16.8. The molecule has 0 saturated carbocycles. The van der Waals surface area contributed by atoms with Crippen molar-refractivity contribution < 1.29 is 0 Å². The number of nitrogens with zero attached hydrogens (tertiary/aromatic N) is 2. The summed E-state index contributed by atoms with van der Waals surface area (Å²) in [4.78, 5) is 0. The van der Waals surface area contributed by atoms with E-state index < -0.39 is 0 Å². The van der Waals surface area contributed by atoms with E-state index in [1.807, 2.05) is 0 Å². The van der Waals surface area contributed by atoms with Crippen molar-refractivity contribution in [2.75, 3.05) is 0 Å². The van der Waals surface area contributed by atoms with Crippen LogP contribution in [0.3, 0.4) is 0 Å². The van der Waals surface area contributed by atoms with E-state index in [0.29, 0.717) is 21.3 Å². The molecular weight excluding hydrogens is 348 g/mol. The molecular formula is C21H39ClN2S. The second-order valence-electron chi connectivity index (χ2n) is 8.86. The molecule has 0 fully saturated rings. The van der Waals surface area contributed by atoms with Gasteiger partial charge in [-0.25, -0.2) is 0 Å². The van der Waals surface area contributed by atoms with Crippen LogP contribution in [0.25, 0.3) is 0 Å². The van der Waals surface area contributed by atoms with E-state index in [0.717, 1.165) is 19.3 Å². The molecule has 1 aliphatic rings. The molecule has 0 amide bonds. The topological polar surface area (TPSA) is 24.7 Å². The van der Waals surface area contributed by atoms with Crippen LogP contribution in [-0.4, -0.2) is 10.5 Å². The van der Waals surface area contributed by atoms with Gasteiger partial charge in [0.1, 0.15) is 0 Å². The van der Waals surface area contributed by atoms with Gasteiger partial charge in [0.2, 0.25) is 0 Å². The van der Waals surface area contributed by atoms with Crippen molar-refractivity contribution in [3.63, 3.8) is 0 Å². The third-order valence-electron chi connectivity index (χ3n) is 6.04. The number of halogens is 1. The lowest BCUT2D eigenvalue weighted by molar-refractivity contribution is 0.0435. The maximum absolute atomic E-state index is 5.88. The summed E-state index contributed by atoms with van der Waals surface area (Å²) >= 11 is 10.9. The molecule has 0 aromatic heterocycles. The van der Waals surface area contributed by atoms with Crippen molar-refractivity contribution in [1.82, 2.24) is 0 Å². The van der Waals surface area contributed by atoms with Crippen molar-refractivity contribution in [2.45, 2.75) is 117 Å². The van der Waals surface area contributed by atoms with Gasteiger partial charge < -0.3 is 0 Å². The Kier molecular flexibility index (Phi) is 10.7. The number of thiocarbonyl (C=S) groups is 1. The quantitative estimate of drug-likeness (QED) is 0.157. The summed E-state index contributed by atoms with van der Waals surface area (Å²) in [5.74, 6) is 0. The zero-order valence-corrected chi connectivity index (χ0v) is 18.5. The van der Waals surface area contributed by atoms with Gasteiger partial charge in [-0.15, -0.1) is 0 Å². The molecule has 4 heteroatoms. The Bertz CT molecular complexity index is 411. The maximum Gasteiger partial charge on any atom is 0.181 e. The fourth-order valence-corrected chi connectivity index (χ4v) is 4.32. The Balaban J connectivity index is 2.57. The molecule has 1 rings (SSSR count). The standard InChI is InChI=1S/C21H39ClN2S/c1-5-6-7-8-9-11-15-21(20(2,3)4,17-14-19-23-24-19)16-12-10-13-18(22)25/h19H,5-17H2,1-4H3. The second-order valence-corrected chi connectivity index (χ2v) is 10.0. The molecule has 0 aliphatic carbocycles. The first-order valence-corrected chi connectivity index (χ1v) is 11.2. The van der Waals surface area contributed by atoms with Crippen LogP contribution in [0.1, 0.15) is 111 Å². The number of unbranched alkanes of at least 4 members (excludes halogenated alkanes) is 6. The Labute approximate surface area is 166 Å². The van der Waals surface area contributed by atoms with Crippen molar-refractivity contribution in [3.8, 4) is 0 Å². The largest absolute Gasteiger partial charge is 0.181 e. The monoisotopic (exact) mass is 386 g/mol. The first-order chi connectivity index (χ1) is 11.8. The molecule has 1 unspecified atom stereocenters. The van der Waals surface area contributed by atoms with E-state index in [2.05, 4.69) is 37.9 Å². The van der Waals surface area contributed by atoms with E-state index in [4.69, 9.17) is 23.8 Å². The summed E-state index contributed by atoms with van der Waals surface area (Å²) < 4.78 is 0.632. The highest BCUT2D eigenvalue weighted by Gasteiger charge is 2.41. The summed E-state index contributed by atoms with van der Waals surface area (Å²) in [6, 6.07) is 0. The van der Waals surface area contributed by atoms with E-state index in [1.165, 1.54) is 64.2 Å². The number of rotatable bonds is 15. The van der Waals surface area contributed by atoms with Gasteiger partial charge in [-0.05, 0) is 49.4 Å². The predicted octanol–water partition coefficient (Wildman–Crippen LogP) is 8.47. The fraction of sp³-hybridized carbons (Fsp3) is 0.952. The van der Waals surface area contributed by atoms with Crippen LogP contribution >= 0.6 is 23.8 Å². The first kappa shape index (κ1) is 23.0. The molecule has 25 heavy (non-hydrogen) atoms. The summed E-state index contributed by atoms with van der Waals surface area (Å²) in [5, 5.41) is 8.26. The molecule has 146 valence electrons. The van der Waals surface area contributed by atoms with Crippen molar-refractivity contribution in [3.05, 3.63) is 0 Å². The van der Waals surface area contributed by atoms with Gasteiger partial charge in [0.15, 0.2) is 6.17 Å². The molecule has 0 aromatic carbocycles. The average Bonchev–Trinajstić information content (AvgIpc) is 3.34. The molecule has 1 heterocycles. The summed E-state index contributed by atoms with van der Waals surface area (Å²) in [7, 11) is 0. The fourth-order valence-electron chi connectivity index (χ4n) is 4.04. The number of hydrogen-bond donors (Lipinski definition) is 0. The Morgan fingerprint density at radius 3 is 1.96 bits per heavy atom. The van der Waals surface area contributed by atoms with Gasteiger partial charge in [0.25, 0.3) is 0 Å². The van der Waals surface area contributed by atoms with Crippen molar-refractivity contribution >= 4 is 28.1 Å². The minimum absolute atomic E-state index is 0.293. The zero-order valence-electron chi connectivity index (χ0n) is 17.0. The smallest absolute Gasteiger partial charge is 0.163 e. The minimum Gasteiger partial charge on any atom is -0.163 e. The van der Waals surface area contributed by atoms with Crippen LogP contribution in [0.15, 0.2) is 10.2 Å². The highest BCUT2D eigenvalue weighted by atomic mass is 35.5. The van der Waals surface area contributed by atoms with Crippen molar-refractivity contribution in [1.29, 1.82) is 0 Å². The maximum atomic E-state index is 5.88. The third kappa shape index (κ3) is 9.47. The average molecular weight is 387 g/mol. The first-order valence-electron chi connectivity index (χ1n) is 10.4. The van der Waals surface area contributed by atoms with Gasteiger partial charge in [-0.2, -0.15) is 10.2 Å². The Morgan fingerprint density at radius 2 is 1.44 bits per heavy atom. The van der Waals surface area contributed by atoms with Crippen LogP contribution in [-0.2, 0) is 0 Å². The lowest BCUT2D eigenvalue weighted by Gasteiger charge is -2.46. The summed E-state index contributed by atoms with van der Waals surface area (Å²) in [6.45, 7) is 9.57. The van der Waals surface area contributed by atoms with Crippen LogP contribution in [0.2, 0.25) is 0 Å². The molecule has 0 bridgehead atoms. The SMILES string of the molecule is CCCCCCCCC(CCCCC(=S)Cl)(CCC1N=N1)C(C)(C)C. The molecule has 1 atom stereocenters. The third-order valence-corrected chi connectivity index (χ3v) is 6.43. The highest BCUT2D eigenvalue weighted by molar-refractivity contribution is 7.83. The van der Waals surface area contributed by atoms with Crippen LogP contribution < -0.4 is 0 Å². The zero-order chi connectivity index (χ0) is 18.8. The predicted molar refractivity (Wildman–Crippen MR) is 115 cm³/mol. The minimum atomic E-state index is 0.293. The molecule has 0 spiro atoms. The van der Waals surface area contributed by atoms with Gasteiger partial charge >= 0.3 is 0 Å².